The lowest BCUT2D eigenvalue weighted by Crippen LogP contribution is -2.44. The Bertz CT molecular complexity index is 405. The second-order valence-corrected chi connectivity index (χ2v) is 4.76. The van der Waals surface area contributed by atoms with Crippen molar-refractivity contribution in [3.63, 3.8) is 0 Å². The Morgan fingerprint density at radius 3 is 2.50 bits per heavy atom. The molecular formula is C14H20N3O. The summed E-state index contributed by atoms with van der Waals surface area (Å²) in [6.45, 7) is 7.96. The molecule has 0 aliphatic carbocycles. The van der Waals surface area contributed by atoms with E-state index in [-0.39, 0.29) is 5.91 Å². The number of carbonyl (C=O) groups excluding carboxylic acids is 1. The summed E-state index contributed by atoms with van der Waals surface area (Å²) in [5.41, 5.74) is 3.16. The van der Waals surface area contributed by atoms with Gasteiger partial charge in [0.05, 0.1) is 6.54 Å². The van der Waals surface area contributed by atoms with Gasteiger partial charge in [-0.1, -0.05) is 18.2 Å². The van der Waals surface area contributed by atoms with Crippen LogP contribution in [0.15, 0.2) is 18.2 Å². The number of rotatable bonds is 3. The first kappa shape index (κ1) is 13.1. The molecule has 1 heterocycles. The number of nitrogens with one attached hydrogen (secondary N) is 1. The molecule has 0 saturated carbocycles. The number of nitrogens with zero attached hydrogens (tertiary/aromatic N) is 2. The van der Waals surface area contributed by atoms with E-state index in [4.69, 9.17) is 0 Å². The van der Waals surface area contributed by atoms with E-state index in [1.165, 1.54) is 0 Å². The Morgan fingerprint density at radius 1 is 1.28 bits per heavy atom. The highest BCUT2D eigenvalue weighted by atomic mass is 16.2. The maximum Gasteiger partial charge on any atom is 0.238 e. The summed E-state index contributed by atoms with van der Waals surface area (Å²) in [6.07, 6.45) is 0. The van der Waals surface area contributed by atoms with E-state index >= 15 is 0 Å². The number of hydrogen-bond acceptors (Lipinski definition) is 2. The molecule has 1 radical (unpaired) electrons. The fourth-order valence-corrected chi connectivity index (χ4v) is 2.20. The molecule has 1 aromatic rings. The third-order valence-electron chi connectivity index (χ3n) is 3.26. The quantitative estimate of drug-likeness (QED) is 0.870. The van der Waals surface area contributed by atoms with Crippen LogP contribution in [0.2, 0.25) is 0 Å². The van der Waals surface area contributed by atoms with Crippen molar-refractivity contribution in [1.29, 1.82) is 0 Å². The first-order valence-corrected chi connectivity index (χ1v) is 6.38. The van der Waals surface area contributed by atoms with Gasteiger partial charge in [0.1, 0.15) is 0 Å². The molecule has 4 heteroatoms. The minimum absolute atomic E-state index is 0.0642. The van der Waals surface area contributed by atoms with Crippen LogP contribution in [0.5, 0.6) is 0 Å². The molecule has 18 heavy (non-hydrogen) atoms. The lowest BCUT2D eigenvalue weighted by atomic mass is 10.1. The fourth-order valence-electron chi connectivity index (χ4n) is 2.20. The average molecular weight is 246 g/mol. The largest absolute Gasteiger partial charge is 0.324 e. The zero-order valence-corrected chi connectivity index (χ0v) is 11.1. The van der Waals surface area contributed by atoms with Crippen molar-refractivity contribution in [2.24, 2.45) is 0 Å². The van der Waals surface area contributed by atoms with E-state index in [1.807, 2.05) is 32.0 Å². The number of aryl methyl sites for hydroxylation is 2. The normalized spacial score (nSPS) is 16.6. The summed E-state index contributed by atoms with van der Waals surface area (Å²) in [6, 6.07) is 6.04. The van der Waals surface area contributed by atoms with E-state index in [1.54, 1.807) is 0 Å². The van der Waals surface area contributed by atoms with Crippen LogP contribution in [0.25, 0.3) is 0 Å². The number of anilines is 1. The van der Waals surface area contributed by atoms with Crippen molar-refractivity contribution in [2.45, 2.75) is 13.8 Å². The highest BCUT2D eigenvalue weighted by Crippen LogP contribution is 2.19. The standard InChI is InChI=1S/C14H20N3O/c1-11-4-3-5-12(2)14(11)16-13(18)10-17-8-6-15-7-9-17/h3-5H,6-10H2,1-2H3,(H,16,18). The van der Waals surface area contributed by atoms with E-state index in [0.717, 1.165) is 43.0 Å². The number of hydrogen-bond donors (Lipinski definition) is 1. The molecule has 1 fully saturated rings. The lowest BCUT2D eigenvalue weighted by Gasteiger charge is -2.25. The predicted molar refractivity (Wildman–Crippen MR) is 72.9 cm³/mol. The molecule has 1 amide bonds. The van der Waals surface area contributed by atoms with Crippen molar-refractivity contribution < 1.29 is 4.79 Å². The van der Waals surface area contributed by atoms with E-state index < -0.39 is 0 Å². The molecule has 0 aromatic heterocycles. The van der Waals surface area contributed by atoms with Gasteiger partial charge >= 0.3 is 0 Å². The molecule has 1 saturated heterocycles. The van der Waals surface area contributed by atoms with Crippen LogP contribution in [0.4, 0.5) is 5.69 Å². The van der Waals surface area contributed by atoms with Crippen LogP contribution in [-0.4, -0.2) is 43.5 Å². The Morgan fingerprint density at radius 2 is 1.89 bits per heavy atom. The minimum atomic E-state index is 0.0642. The zero-order valence-electron chi connectivity index (χ0n) is 11.1. The number of benzene rings is 1. The number of para-hydroxylation sites is 1. The molecular weight excluding hydrogens is 226 g/mol. The maximum atomic E-state index is 12.0. The summed E-state index contributed by atoms with van der Waals surface area (Å²) in [5.74, 6) is 0.0642. The predicted octanol–water partition coefficient (Wildman–Crippen LogP) is 1.16. The van der Waals surface area contributed by atoms with E-state index in [0.29, 0.717) is 6.54 Å². The molecule has 0 atom stereocenters. The monoisotopic (exact) mass is 246 g/mol. The van der Waals surface area contributed by atoms with Gasteiger partial charge in [0.25, 0.3) is 0 Å². The first-order chi connectivity index (χ1) is 8.66. The molecule has 1 aromatic carbocycles. The average Bonchev–Trinajstić information content (AvgIpc) is 2.35. The van der Waals surface area contributed by atoms with Gasteiger partial charge in [-0.05, 0) is 25.0 Å². The molecule has 0 unspecified atom stereocenters. The van der Waals surface area contributed by atoms with Gasteiger partial charge in [0.2, 0.25) is 5.91 Å². The molecule has 2 rings (SSSR count). The molecule has 1 aliphatic heterocycles. The van der Waals surface area contributed by atoms with Crippen LogP contribution in [0.1, 0.15) is 11.1 Å². The molecule has 0 spiro atoms. The minimum Gasteiger partial charge on any atom is -0.324 e. The third kappa shape index (κ3) is 3.31. The zero-order chi connectivity index (χ0) is 13.0. The summed E-state index contributed by atoms with van der Waals surface area (Å²) in [7, 11) is 0. The number of carbonyl (C=O) groups is 1. The summed E-state index contributed by atoms with van der Waals surface area (Å²) in [5, 5.41) is 7.29. The van der Waals surface area contributed by atoms with Crippen LogP contribution in [0.3, 0.4) is 0 Å². The Balaban J connectivity index is 1.94. The van der Waals surface area contributed by atoms with Crippen LogP contribution >= 0.6 is 0 Å². The van der Waals surface area contributed by atoms with Crippen molar-refractivity contribution >= 4 is 11.6 Å². The summed E-state index contributed by atoms with van der Waals surface area (Å²) in [4.78, 5) is 14.2. The number of piperazine rings is 1. The van der Waals surface area contributed by atoms with Crippen LogP contribution in [0, 0.1) is 13.8 Å². The Kier molecular flexibility index (Phi) is 4.33. The summed E-state index contributed by atoms with van der Waals surface area (Å²) >= 11 is 0. The van der Waals surface area contributed by atoms with E-state index in [2.05, 4.69) is 15.5 Å². The third-order valence-corrected chi connectivity index (χ3v) is 3.26. The Labute approximate surface area is 108 Å². The second-order valence-electron chi connectivity index (χ2n) is 4.76. The van der Waals surface area contributed by atoms with Crippen molar-refractivity contribution in [3.8, 4) is 0 Å². The van der Waals surface area contributed by atoms with Gasteiger partial charge < -0.3 is 5.32 Å². The first-order valence-electron chi connectivity index (χ1n) is 6.38. The molecule has 4 nitrogen and oxygen atoms in total. The second kappa shape index (κ2) is 5.98. The van der Waals surface area contributed by atoms with Gasteiger partial charge in [-0.25, -0.2) is 5.32 Å². The van der Waals surface area contributed by atoms with Gasteiger partial charge in [-0.15, -0.1) is 0 Å². The SMILES string of the molecule is Cc1cccc(C)c1NC(=O)CN1CC[N]CC1. The molecule has 1 aliphatic rings. The van der Waals surface area contributed by atoms with E-state index in [9.17, 15) is 4.79 Å². The van der Waals surface area contributed by atoms with Gasteiger partial charge in [-0.3, -0.25) is 9.69 Å². The summed E-state index contributed by atoms with van der Waals surface area (Å²) < 4.78 is 0. The van der Waals surface area contributed by atoms with Crippen LogP contribution < -0.4 is 10.6 Å². The highest BCUT2D eigenvalue weighted by Gasteiger charge is 2.15. The lowest BCUT2D eigenvalue weighted by molar-refractivity contribution is -0.117. The maximum absolute atomic E-state index is 12.0. The molecule has 0 bridgehead atoms. The van der Waals surface area contributed by atoms with Gasteiger partial charge in [0.15, 0.2) is 0 Å². The van der Waals surface area contributed by atoms with Crippen molar-refractivity contribution in [1.82, 2.24) is 10.2 Å². The van der Waals surface area contributed by atoms with Crippen molar-refractivity contribution in [2.75, 3.05) is 38.0 Å². The van der Waals surface area contributed by atoms with Crippen LogP contribution in [-0.2, 0) is 4.79 Å². The van der Waals surface area contributed by atoms with Gasteiger partial charge in [-0.2, -0.15) is 0 Å². The topological polar surface area (TPSA) is 46.4 Å². The Hall–Kier alpha value is -1.39. The van der Waals surface area contributed by atoms with Gasteiger partial charge in [0, 0.05) is 31.9 Å². The number of amides is 1. The fraction of sp³-hybridized carbons (Fsp3) is 0.500. The highest BCUT2D eigenvalue weighted by molar-refractivity contribution is 5.93. The molecule has 1 N–H and O–H groups in total. The smallest absolute Gasteiger partial charge is 0.238 e. The molecule has 97 valence electrons. The van der Waals surface area contributed by atoms with Crippen molar-refractivity contribution in [3.05, 3.63) is 29.3 Å².